The van der Waals surface area contributed by atoms with Crippen LogP contribution in [0.1, 0.15) is 0 Å². The molecule has 5 heteroatoms. The second kappa shape index (κ2) is 4.21. The molecule has 0 aliphatic rings. The molecule has 0 aliphatic carbocycles. The highest BCUT2D eigenvalue weighted by molar-refractivity contribution is 5.85. The molecule has 0 N–H and O–H groups in total. The van der Waals surface area contributed by atoms with E-state index in [0.29, 0.717) is 0 Å². The Morgan fingerprint density at radius 2 is 1.50 bits per heavy atom. The second-order valence-electron chi connectivity index (χ2n) is 1.86. The van der Waals surface area contributed by atoms with Crippen molar-refractivity contribution in [3.05, 3.63) is 30.3 Å². The molecule has 0 aromatic heterocycles. The average molecular weight is 199 g/mol. The van der Waals surface area contributed by atoms with Crippen molar-refractivity contribution in [2.24, 2.45) is 0 Å². The summed E-state index contributed by atoms with van der Waals surface area (Å²) in [7, 11) is 0. The van der Waals surface area contributed by atoms with E-state index < -0.39 is 6.36 Å². The molecule has 68 valence electrons. The zero-order chi connectivity index (χ0) is 8.32. The monoisotopic (exact) mass is 198 g/mol. The maximum absolute atomic E-state index is 11.5. The standard InChI is InChI=1S/C7H5F3O.ClH/c8-7(9,10)11-6-4-2-1-3-5-6;/h1-5H;1H. The van der Waals surface area contributed by atoms with Gasteiger partial charge >= 0.3 is 6.36 Å². The summed E-state index contributed by atoms with van der Waals surface area (Å²) in [6, 6.07) is 7.05. The van der Waals surface area contributed by atoms with Gasteiger partial charge in [0, 0.05) is 0 Å². The topological polar surface area (TPSA) is 9.23 Å². The van der Waals surface area contributed by atoms with Gasteiger partial charge in [-0.1, -0.05) is 18.2 Å². The first-order valence-corrected chi connectivity index (χ1v) is 2.89. The highest BCUT2D eigenvalue weighted by atomic mass is 35.5. The summed E-state index contributed by atoms with van der Waals surface area (Å²) in [5.74, 6) is -0.194. The summed E-state index contributed by atoms with van der Waals surface area (Å²) >= 11 is 0. The number of rotatable bonds is 1. The van der Waals surface area contributed by atoms with Crippen LogP contribution in [-0.4, -0.2) is 6.36 Å². The van der Waals surface area contributed by atoms with Gasteiger partial charge in [0.15, 0.2) is 0 Å². The zero-order valence-electron chi connectivity index (χ0n) is 5.84. The van der Waals surface area contributed by atoms with Gasteiger partial charge in [-0.05, 0) is 12.1 Å². The molecular formula is C7H6ClF3O. The van der Waals surface area contributed by atoms with Gasteiger partial charge in [-0.25, -0.2) is 0 Å². The summed E-state index contributed by atoms with van der Waals surface area (Å²) in [5.41, 5.74) is 0. The molecule has 0 radical (unpaired) electrons. The molecule has 1 rings (SSSR count). The normalized spacial score (nSPS) is 10.2. The summed E-state index contributed by atoms with van der Waals surface area (Å²) in [5, 5.41) is 0. The lowest BCUT2D eigenvalue weighted by Crippen LogP contribution is -2.16. The van der Waals surface area contributed by atoms with E-state index in [9.17, 15) is 13.2 Å². The minimum atomic E-state index is -4.60. The summed E-state index contributed by atoms with van der Waals surface area (Å²) in [4.78, 5) is 0. The molecule has 0 spiro atoms. The van der Waals surface area contributed by atoms with Crippen LogP contribution in [0.2, 0.25) is 0 Å². The van der Waals surface area contributed by atoms with Crippen LogP contribution >= 0.6 is 12.4 Å². The molecule has 0 unspecified atom stereocenters. The van der Waals surface area contributed by atoms with Crippen LogP contribution in [0.25, 0.3) is 0 Å². The molecule has 0 heterocycles. The van der Waals surface area contributed by atoms with Gasteiger partial charge in [-0.15, -0.1) is 25.6 Å². The van der Waals surface area contributed by atoms with Crippen molar-refractivity contribution in [1.82, 2.24) is 0 Å². The Bertz CT molecular complexity index is 222. The van der Waals surface area contributed by atoms with Crippen LogP contribution in [0, 0.1) is 0 Å². The molecule has 0 fully saturated rings. The highest BCUT2D eigenvalue weighted by Crippen LogP contribution is 2.21. The minimum absolute atomic E-state index is 0. The first-order chi connectivity index (χ1) is 5.08. The van der Waals surface area contributed by atoms with Crippen LogP contribution in [0.5, 0.6) is 5.75 Å². The van der Waals surface area contributed by atoms with Crippen molar-refractivity contribution < 1.29 is 17.9 Å². The molecule has 0 bridgehead atoms. The maximum Gasteiger partial charge on any atom is 0.573 e. The number of hydrogen-bond donors (Lipinski definition) is 0. The Labute approximate surface area is 73.6 Å². The van der Waals surface area contributed by atoms with Crippen LogP contribution in [0.3, 0.4) is 0 Å². The predicted molar refractivity (Wildman–Crippen MR) is 40.4 cm³/mol. The number of alkyl halides is 3. The quantitative estimate of drug-likeness (QED) is 0.674. The molecule has 0 amide bonds. The Balaban J connectivity index is 0.00000121. The number of hydrogen-bond acceptors (Lipinski definition) is 1. The fraction of sp³-hybridized carbons (Fsp3) is 0.143. The molecule has 1 nitrogen and oxygen atoms in total. The van der Waals surface area contributed by atoms with E-state index >= 15 is 0 Å². The first kappa shape index (κ1) is 11.1. The lowest BCUT2D eigenvalue weighted by atomic mass is 10.3. The zero-order valence-corrected chi connectivity index (χ0v) is 6.65. The van der Waals surface area contributed by atoms with E-state index in [1.807, 2.05) is 0 Å². The summed E-state index contributed by atoms with van der Waals surface area (Å²) < 4.78 is 38.2. The number of ether oxygens (including phenoxy) is 1. The van der Waals surface area contributed by atoms with Gasteiger partial charge in [0.05, 0.1) is 0 Å². The van der Waals surface area contributed by atoms with E-state index in [4.69, 9.17) is 0 Å². The molecule has 0 saturated heterocycles. The molecule has 0 saturated carbocycles. The molecule has 1 aromatic carbocycles. The van der Waals surface area contributed by atoms with Crippen molar-refractivity contribution in [2.45, 2.75) is 6.36 Å². The fourth-order valence-electron chi connectivity index (χ4n) is 0.622. The number of para-hydroxylation sites is 1. The Kier molecular flexibility index (Phi) is 3.89. The van der Waals surface area contributed by atoms with Crippen molar-refractivity contribution >= 4 is 12.4 Å². The largest absolute Gasteiger partial charge is 0.573 e. The first-order valence-electron chi connectivity index (χ1n) is 2.89. The van der Waals surface area contributed by atoms with Crippen LogP contribution in [-0.2, 0) is 0 Å². The van der Waals surface area contributed by atoms with E-state index in [0.717, 1.165) is 0 Å². The predicted octanol–water partition coefficient (Wildman–Crippen LogP) is 3.01. The van der Waals surface area contributed by atoms with Gasteiger partial charge in [-0.2, -0.15) is 0 Å². The third-order valence-electron chi connectivity index (χ3n) is 0.977. The van der Waals surface area contributed by atoms with Crippen molar-refractivity contribution in [3.8, 4) is 5.75 Å². The van der Waals surface area contributed by atoms with E-state index in [-0.39, 0.29) is 18.2 Å². The van der Waals surface area contributed by atoms with Crippen molar-refractivity contribution in [1.29, 1.82) is 0 Å². The lowest BCUT2D eigenvalue weighted by molar-refractivity contribution is -0.274. The third kappa shape index (κ3) is 4.08. The van der Waals surface area contributed by atoms with Crippen LogP contribution < -0.4 is 4.74 Å². The molecule has 12 heavy (non-hydrogen) atoms. The van der Waals surface area contributed by atoms with Crippen molar-refractivity contribution in [3.63, 3.8) is 0 Å². The molecule has 0 atom stereocenters. The number of benzene rings is 1. The lowest BCUT2D eigenvalue weighted by Gasteiger charge is -2.07. The van der Waals surface area contributed by atoms with Crippen molar-refractivity contribution in [2.75, 3.05) is 0 Å². The van der Waals surface area contributed by atoms with E-state index in [1.165, 1.54) is 24.3 Å². The SMILES string of the molecule is Cl.FC(F)(F)Oc1ccccc1. The van der Waals surface area contributed by atoms with Gasteiger partial charge in [0.1, 0.15) is 5.75 Å². The van der Waals surface area contributed by atoms with Gasteiger partial charge in [0.25, 0.3) is 0 Å². The molecule has 0 aliphatic heterocycles. The Morgan fingerprint density at radius 3 is 1.92 bits per heavy atom. The number of halogens is 4. The molecule has 1 aromatic rings. The van der Waals surface area contributed by atoms with Gasteiger partial charge in [0.2, 0.25) is 0 Å². The third-order valence-corrected chi connectivity index (χ3v) is 0.977. The van der Waals surface area contributed by atoms with Crippen LogP contribution in [0.4, 0.5) is 13.2 Å². The fourth-order valence-corrected chi connectivity index (χ4v) is 0.622. The summed E-state index contributed by atoms with van der Waals surface area (Å²) in [6.07, 6.45) is -4.60. The highest BCUT2D eigenvalue weighted by Gasteiger charge is 2.30. The molecular weight excluding hydrogens is 193 g/mol. The minimum Gasteiger partial charge on any atom is -0.406 e. The summed E-state index contributed by atoms with van der Waals surface area (Å²) in [6.45, 7) is 0. The smallest absolute Gasteiger partial charge is 0.406 e. The van der Waals surface area contributed by atoms with Gasteiger partial charge in [-0.3, -0.25) is 0 Å². The van der Waals surface area contributed by atoms with E-state index in [1.54, 1.807) is 6.07 Å². The second-order valence-corrected chi connectivity index (χ2v) is 1.86. The van der Waals surface area contributed by atoms with Crippen LogP contribution in [0.15, 0.2) is 30.3 Å². The maximum atomic E-state index is 11.5. The van der Waals surface area contributed by atoms with E-state index in [2.05, 4.69) is 4.74 Å². The Morgan fingerprint density at radius 1 is 1.00 bits per heavy atom. The van der Waals surface area contributed by atoms with Gasteiger partial charge < -0.3 is 4.74 Å². The Hall–Kier alpha value is -0.900. The average Bonchev–Trinajstić information content (AvgIpc) is 1.85.